The molecule has 0 aliphatic heterocycles. The Morgan fingerprint density at radius 2 is 1.74 bits per heavy atom. The van der Waals surface area contributed by atoms with E-state index in [4.69, 9.17) is 11.6 Å². The zero-order valence-corrected chi connectivity index (χ0v) is 12.5. The van der Waals surface area contributed by atoms with Crippen LogP contribution in [0.2, 0.25) is 0 Å². The minimum Gasteiger partial charge on any atom is -0.316 e. The number of halogens is 1. The third-order valence-electron chi connectivity index (χ3n) is 4.12. The SMILES string of the molecule is ClC1CCC(CNCCCCc2ccccc2)CC1. The van der Waals surface area contributed by atoms with E-state index in [1.54, 1.807) is 0 Å². The number of hydrogen-bond donors (Lipinski definition) is 1. The van der Waals surface area contributed by atoms with Gasteiger partial charge in [0.2, 0.25) is 0 Å². The molecule has 1 N–H and O–H groups in total. The van der Waals surface area contributed by atoms with Crippen molar-refractivity contribution in [1.82, 2.24) is 5.32 Å². The lowest BCUT2D eigenvalue weighted by Crippen LogP contribution is -2.27. The molecule has 1 nitrogen and oxygen atoms in total. The minimum absolute atomic E-state index is 0.446. The molecule has 0 spiro atoms. The van der Waals surface area contributed by atoms with Gasteiger partial charge < -0.3 is 5.32 Å². The Hall–Kier alpha value is -0.530. The maximum atomic E-state index is 6.12. The van der Waals surface area contributed by atoms with Gasteiger partial charge in [-0.3, -0.25) is 0 Å². The van der Waals surface area contributed by atoms with E-state index < -0.39 is 0 Å². The van der Waals surface area contributed by atoms with Gasteiger partial charge in [0.25, 0.3) is 0 Å². The number of alkyl halides is 1. The van der Waals surface area contributed by atoms with Gasteiger partial charge in [-0.15, -0.1) is 11.6 Å². The fraction of sp³-hybridized carbons (Fsp3) is 0.647. The number of rotatable bonds is 7. The molecule has 1 aliphatic rings. The van der Waals surface area contributed by atoms with Crippen molar-refractivity contribution in [3.8, 4) is 0 Å². The van der Waals surface area contributed by atoms with Crippen LogP contribution in [0.15, 0.2) is 30.3 Å². The molecule has 1 fully saturated rings. The number of aryl methyl sites for hydroxylation is 1. The second-order valence-electron chi connectivity index (χ2n) is 5.76. The summed E-state index contributed by atoms with van der Waals surface area (Å²) in [5.41, 5.74) is 1.46. The van der Waals surface area contributed by atoms with E-state index in [0.717, 1.165) is 12.5 Å². The van der Waals surface area contributed by atoms with Crippen LogP contribution in [0.3, 0.4) is 0 Å². The second kappa shape index (κ2) is 8.60. The summed E-state index contributed by atoms with van der Waals surface area (Å²) in [6, 6.07) is 10.8. The van der Waals surface area contributed by atoms with Crippen molar-refractivity contribution < 1.29 is 0 Å². The summed E-state index contributed by atoms with van der Waals surface area (Å²) < 4.78 is 0. The maximum Gasteiger partial charge on any atom is 0.0336 e. The molecule has 1 aromatic rings. The summed E-state index contributed by atoms with van der Waals surface area (Å²) >= 11 is 6.12. The standard InChI is InChI=1S/C17H26ClN/c18-17-11-9-16(10-12-17)14-19-13-5-4-8-15-6-2-1-3-7-15/h1-3,6-7,16-17,19H,4-5,8-14H2. The molecule has 0 heterocycles. The van der Waals surface area contributed by atoms with Gasteiger partial charge in [0, 0.05) is 5.38 Å². The third-order valence-corrected chi connectivity index (χ3v) is 4.56. The molecule has 1 saturated carbocycles. The molecule has 1 aromatic carbocycles. The molecule has 0 bridgehead atoms. The lowest BCUT2D eigenvalue weighted by Gasteiger charge is -2.25. The number of unbranched alkanes of at least 4 members (excludes halogenated alkanes) is 1. The van der Waals surface area contributed by atoms with Gasteiger partial charge in [0.05, 0.1) is 0 Å². The fourth-order valence-corrected chi connectivity index (χ4v) is 3.11. The summed E-state index contributed by atoms with van der Waals surface area (Å²) in [4.78, 5) is 0. The van der Waals surface area contributed by atoms with E-state index in [0.29, 0.717) is 5.38 Å². The van der Waals surface area contributed by atoms with Gasteiger partial charge in [-0.1, -0.05) is 30.3 Å². The summed E-state index contributed by atoms with van der Waals surface area (Å²) in [5, 5.41) is 4.06. The lowest BCUT2D eigenvalue weighted by atomic mass is 9.89. The molecule has 106 valence electrons. The van der Waals surface area contributed by atoms with Gasteiger partial charge in [-0.25, -0.2) is 0 Å². The Bertz CT molecular complexity index is 330. The van der Waals surface area contributed by atoms with Crippen molar-refractivity contribution in [2.75, 3.05) is 13.1 Å². The first-order chi connectivity index (χ1) is 9.34. The van der Waals surface area contributed by atoms with Crippen molar-refractivity contribution in [2.24, 2.45) is 5.92 Å². The highest BCUT2D eigenvalue weighted by molar-refractivity contribution is 6.20. The smallest absolute Gasteiger partial charge is 0.0336 e. The van der Waals surface area contributed by atoms with Crippen LogP contribution in [0.25, 0.3) is 0 Å². The Kier molecular flexibility index (Phi) is 6.73. The Labute approximate surface area is 122 Å². The lowest BCUT2D eigenvalue weighted by molar-refractivity contribution is 0.345. The van der Waals surface area contributed by atoms with Crippen molar-refractivity contribution in [3.05, 3.63) is 35.9 Å². The highest BCUT2D eigenvalue weighted by Crippen LogP contribution is 2.26. The van der Waals surface area contributed by atoms with E-state index in [2.05, 4.69) is 35.6 Å². The highest BCUT2D eigenvalue weighted by Gasteiger charge is 2.18. The van der Waals surface area contributed by atoms with E-state index in [-0.39, 0.29) is 0 Å². The first-order valence-corrected chi connectivity index (χ1v) is 8.17. The van der Waals surface area contributed by atoms with Crippen molar-refractivity contribution in [2.45, 2.75) is 50.3 Å². The molecule has 1 aliphatic carbocycles. The van der Waals surface area contributed by atoms with Gasteiger partial charge >= 0.3 is 0 Å². The third kappa shape index (κ3) is 5.97. The molecule has 0 unspecified atom stereocenters. The summed E-state index contributed by atoms with van der Waals surface area (Å²) in [6.07, 6.45) is 8.81. The zero-order chi connectivity index (χ0) is 13.3. The Morgan fingerprint density at radius 1 is 1.00 bits per heavy atom. The van der Waals surface area contributed by atoms with Crippen LogP contribution < -0.4 is 5.32 Å². The van der Waals surface area contributed by atoms with Crippen LogP contribution in [-0.4, -0.2) is 18.5 Å². The highest BCUT2D eigenvalue weighted by atomic mass is 35.5. The van der Waals surface area contributed by atoms with Crippen LogP contribution in [0.4, 0.5) is 0 Å². The monoisotopic (exact) mass is 279 g/mol. The summed E-state index contributed by atoms with van der Waals surface area (Å²) in [6.45, 7) is 2.35. The fourth-order valence-electron chi connectivity index (χ4n) is 2.86. The molecule has 0 atom stereocenters. The van der Waals surface area contributed by atoms with Crippen molar-refractivity contribution >= 4 is 11.6 Å². The zero-order valence-electron chi connectivity index (χ0n) is 11.8. The second-order valence-corrected chi connectivity index (χ2v) is 6.38. The van der Waals surface area contributed by atoms with Crippen molar-refractivity contribution in [3.63, 3.8) is 0 Å². The van der Waals surface area contributed by atoms with Gasteiger partial charge in [0.15, 0.2) is 0 Å². The number of hydrogen-bond acceptors (Lipinski definition) is 1. The normalized spacial score (nSPS) is 23.4. The maximum absolute atomic E-state index is 6.12. The molecule has 2 rings (SSSR count). The molecular weight excluding hydrogens is 254 g/mol. The van der Waals surface area contributed by atoms with E-state index in [1.165, 1.54) is 57.1 Å². The summed E-state index contributed by atoms with van der Waals surface area (Å²) in [7, 11) is 0. The van der Waals surface area contributed by atoms with Crippen LogP contribution in [0.1, 0.15) is 44.1 Å². The van der Waals surface area contributed by atoms with Crippen LogP contribution in [0.5, 0.6) is 0 Å². The Balaban J connectivity index is 1.46. The van der Waals surface area contributed by atoms with Crippen LogP contribution >= 0.6 is 11.6 Å². The topological polar surface area (TPSA) is 12.0 Å². The first-order valence-electron chi connectivity index (χ1n) is 7.73. The van der Waals surface area contributed by atoms with E-state index in [1.807, 2.05) is 0 Å². The van der Waals surface area contributed by atoms with E-state index in [9.17, 15) is 0 Å². The average molecular weight is 280 g/mol. The van der Waals surface area contributed by atoms with Crippen LogP contribution in [0, 0.1) is 5.92 Å². The first kappa shape index (κ1) is 14.9. The molecule has 19 heavy (non-hydrogen) atoms. The number of benzene rings is 1. The van der Waals surface area contributed by atoms with Gasteiger partial charge in [-0.05, 0) is 69.5 Å². The van der Waals surface area contributed by atoms with Crippen LogP contribution in [-0.2, 0) is 6.42 Å². The molecule has 0 amide bonds. The molecular formula is C17H26ClN. The molecule has 0 aromatic heterocycles. The average Bonchev–Trinajstić information content (AvgIpc) is 2.46. The predicted molar refractivity (Wildman–Crippen MR) is 83.8 cm³/mol. The predicted octanol–water partition coefficient (Wildman–Crippen LogP) is 4.40. The summed E-state index contributed by atoms with van der Waals surface area (Å²) in [5.74, 6) is 0.865. The molecule has 0 radical (unpaired) electrons. The van der Waals surface area contributed by atoms with Gasteiger partial charge in [-0.2, -0.15) is 0 Å². The number of nitrogens with one attached hydrogen (secondary N) is 1. The molecule has 2 heteroatoms. The molecule has 0 saturated heterocycles. The van der Waals surface area contributed by atoms with Crippen molar-refractivity contribution in [1.29, 1.82) is 0 Å². The minimum atomic E-state index is 0.446. The quantitative estimate of drug-likeness (QED) is 0.576. The largest absolute Gasteiger partial charge is 0.316 e. The van der Waals surface area contributed by atoms with Gasteiger partial charge in [0.1, 0.15) is 0 Å². The Morgan fingerprint density at radius 3 is 2.47 bits per heavy atom. The van der Waals surface area contributed by atoms with E-state index >= 15 is 0 Å².